The van der Waals surface area contributed by atoms with Crippen LogP contribution in [0.2, 0.25) is 0 Å². The Morgan fingerprint density at radius 2 is 1.81 bits per heavy atom. The van der Waals surface area contributed by atoms with Crippen molar-refractivity contribution in [2.24, 2.45) is 5.10 Å². The Balaban J connectivity index is 1.71. The van der Waals surface area contributed by atoms with Crippen LogP contribution in [0.25, 0.3) is 0 Å². The van der Waals surface area contributed by atoms with Gasteiger partial charge >= 0.3 is 0 Å². The standard InChI is InChI=1S/C26H33N3O3/c1-18-8-9-19(2)21(14-18)23-16-24(22-15-20(31-3)10-11-25(22)32-4)29(27-23)26(30)17-28-12-6-5-7-13-28/h8-11,14-15,24H,5-7,12-13,16-17H2,1-4H3. The van der Waals surface area contributed by atoms with Gasteiger partial charge in [0.1, 0.15) is 11.5 Å². The lowest BCUT2D eigenvalue weighted by atomic mass is 9.94. The van der Waals surface area contributed by atoms with Crippen molar-refractivity contribution in [2.45, 2.75) is 45.6 Å². The van der Waals surface area contributed by atoms with E-state index in [1.54, 1.807) is 19.2 Å². The highest BCUT2D eigenvalue weighted by Crippen LogP contribution is 2.39. The van der Waals surface area contributed by atoms with Gasteiger partial charge in [-0.2, -0.15) is 5.10 Å². The number of hydrogen-bond acceptors (Lipinski definition) is 5. The molecule has 4 rings (SSSR count). The summed E-state index contributed by atoms with van der Waals surface area (Å²) in [4.78, 5) is 15.7. The fourth-order valence-electron chi connectivity index (χ4n) is 4.67. The van der Waals surface area contributed by atoms with Gasteiger partial charge < -0.3 is 9.47 Å². The number of nitrogens with zero attached hydrogens (tertiary/aromatic N) is 3. The second kappa shape index (κ2) is 9.74. The second-order valence-corrected chi connectivity index (χ2v) is 8.77. The molecule has 1 fully saturated rings. The monoisotopic (exact) mass is 435 g/mol. The van der Waals surface area contributed by atoms with Crippen LogP contribution in [-0.2, 0) is 4.79 Å². The number of amides is 1. The molecule has 1 unspecified atom stereocenters. The number of likely N-dealkylation sites (tertiary alicyclic amines) is 1. The Morgan fingerprint density at radius 3 is 2.53 bits per heavy atom. The Bertz CT molecular complexity index is 1010. The molecule has 2 aliphatic rings. The van der Waals surface area contributed by atoms with Crippen molar-refractivity contribution in [3.05, 3.63) is 58.7 Å². The first-order valence-electron chi connectivity index (χ1n) is 11.4. The third kappa shape index (κ3) is 4.65. The lowest BCUT2D eigenvalue weighted by molar-refractivity contribution is -0.134. The molecule has 0 aliphatic carbocycles. The van der Waals surface area contributed by atoms with E-state index in [-0.39, 0.29) is 11.9 Å². The fourth-order valence-corrected chi connectivity index (χ4v) is 4.67. The molecule has 0 spiro atoms. The molecule has 0 radical (unpaired) electrons. The van der Waals surface area contributed by atoms with Gasteiger partial charge in [-0.05, 0) is 69.6 Å². The van der Waals surface area contributed by atoms with Crippen LogP contribution in [0, 0.1) is 13.8 Å². The van der Waals surface area contributed by atoms with Gasteiger partial charge in [-0.15, -0.1) is 0 Å². The molecule has 6 nitrogen and oxygen atoms in total. The van der Waals surface area contributed by atoms with Gasteiger partial charge in [-0.3, -0.25) is 9.69 Å². The topological polar surface area (TPSA) is 54.4 Å². The molecule has 1 saturated heterocycles. The fraction of sp³-hybridized carbons (Fsp3) is 0.462. The minimum absolute atomic E-state index is 0.0297. The Kier molecular flexibility index (Phi) is 6.80. The van der Waals surface area contributed by atoms with Crippen molar-refractivity contribution in [1.82, 2.24) is 9.91 Å². The first kappa shape index (κ1) is 22.3. The van der Waals surface area contributed by atoms with Crippen molar-refractivity contribution in [3.63, 3.8) is 0 Å². The molecule has 1 atom stereocenters. The molecule has 2 aromatic rings. The van der Waals surface area contributed by atoms with Crippen LogP contribution in [0.4, 0.5) is 0 Å². The van der Waals surface area contributed by atoms with Gasteiger partial charge in [0.2, 0.25) is 0 Å². The molecule has 0 aromatic heterocycles. The summed E-state index contributed by atoms with van der Waals surface area (Å²) in [6.45, 7) is 6.52. The predicted molar refractivity (Wildman–Crippen MR) is 126 cm³/mol. The van der Waals surface area contributed by atoms with Crippen LogP contribution in [0.5, 0.6) is 11.5 Å². The van der Waals surface area contributed by atoms with E-state index < -0.39 is 0 Å². The van der Waals surface area contributed by atoms with Crippen LogP contribution < -0.4 is 9.47 Å². The zero-order valence-electron chi connectivity index (χ0n) is 19.6. The quantitative estimate of drug-likeness (QED) is 0.671. The van der Waals surface area contributed by atoms with Crippen LogP contribution in [0.15, 0.2) is 41.5 Å². The Labute approximate surface area is 190 Å². The first-order valence-corrected chi connectivity index (χ1v) is 11.4. The van der Waals surface area contributed by atoms with Crippen LogP contribution in [0.3, 0.4) is 0 Å². The number of carbonyl (C=O) groups is 1. The summed E-state index contributed by atoms with van der Waals surface area (Å²) >= 11 is 0. The van der Waals surface area contributed by atoms with Crippen molar-refractivity contribution >= 4 is 11.6 Å². The third-order valence-corrected chi connectivity index (χ3v) is 6.47. The van der Waals surface area contributed by atoms with Gasteiger partial charge in [0.05, 0.1) is 32.5 Å². The maximum atomic E-state index is 13.5. The van der Waals surface area contributed by atoms with E-state index >= 15 is 0 Å². The number of rotatable bonds is 6. The molecule has 2 aromatic carbocycles. The van der Waals surface area contributed by atoms with E-state index in [9.17, 15) is 4.79 Å². The molecule has 170 valence electrons. The van der Waals surface area contributed by atoms with Crippen LogP contribution >= 0.6 is 0 Å². The van der Waals surface area contributed by atoms with Gasteiger partial charge in [0, 0.05) is 17.5 Å². The van der Waals surface area contributed by atoms with Gasteiger partial charge in [0.25, 0.3) is 5.91 Å². The summed E-state index contributed by atoms with van der Waals surface area (Å²) in [5.74, 6) is 1.51. The smallest absolute Gasteiger partial charge is 0.257 e. The molecule has 32 heavy (non-hydrogen) atoms. The highest BCUT2D eigenvalue weighted by atomic mass is 16.5. The van der Waals surface area contributed by atoms with Gasteiger partial charge in [0.15, 0.2) is 0 Å². The summed E-state index contributed by atoms with van der Waals surface area (Å²) in [6, 6.07) is 11.9. The largest absolute Gasteiger partial charge is 0.497 e. The maximum absolute atomic E-state index is 13.5. The molecule has 2 aliphatic heterocycles. The summed E-state index contributed by atoms with van der Waals surface area (Å²) in [7, 11) is 3.31. The van der Waals surface area contributed by atoms with E-state index in [1.807, 2.05) is 18.2 Å². The molecule has 2 heterocycles. The number of carbonyl (C=O) groups excluding carboxylic acids is 1. The first-order chi connectivity index (χ1) is 15.5. The van der Waals surface area contributed by atoms with Gasteiger partial charge in [-0.25, -0.2) is 5.01 Å². The van der Waals surface area contributed by atoms with Gasteiger partial charge in [-0.1, -0.05) is 24.1 Å². The van der Waals surface area contributed by atoms with E-state index in [4.69, 9.17) is 14.6 Å². The van der Waals surface area contributed by atoms with Crippen LogP contribution in [-0.4, -0.2) is 55.4 Å². The molecule has 0 bridgehead atoms. The number of methoxy groups -OCH3 is 2. The summed E-state index contributed by atoms with van der Waals surface area (Å²) in [6.07, 6.45) is 4.18. The Morgan fingerprint density at radius 1 is 1.03 bits per heavy atom. The highest BCUT2D eigenvalue weighted by Gasteiger charge is 2.36. The maximum Gasteiger partial charge on any atom is 0.257 e. The summed E-state index contributed by atoms with van der Waals surface area (Å²) in [5.41, 5.74) is 5.30. The summed E-state index contributed by atoms with van der Waals surface area (Å²) < 4.78 is 11.1. The minimum atomic E-state index is -0.229. The second-order valence-electron chi connectivity index (χ2n) is 8.77. The lowest BCUT2D eigenvalue weighted by Crippen LogP contribution is -2.40. The van der Waals surface area contributed by atoms with E-state index in [0.717, 1.165) is 59.8 Å². The zero-order valence-corrected chi connectivity index (χ0v) is 19.6. The third-order valence-electron chi connectivity index (χ3n) is 6.47. The van der Waals surface area contributed by atoms with E-state index in [1.165, 1.54) is 12.0 Å². The molecule has 0 N–H and O–H groups in total. The van der Waals surface area contributed by atoms with E-state index in [0.29, 0.717) is 13.0 Å². The average molecular weight is 436 g/mol. The van der Waals surface area contributed by atoms with Crippen molar-refractivity contribution in [2.75, 3.05) is 33.9 Å². The minimum Gasteiger partial charge on any atom is -0.497 e. The number of piperidine rings is 1. The zero-order chi connectivity index (χ0) is 22.7. The highest BCUT2D eigenvalue weighted by molar-refractivity contribution is 6.04. The number of hydrogen-bond donors (Lipinski definition) is 0. The molecular weight excluding hydrogens is 402 g/mol. The lowest BCUT2D eigenvalue weighted by Gasteiger charge is -2.29. The number of aryl methyl sites for hydroxylation is 2. The molecular formula is C26H33N3O3. The average Bonchev–Trinajstić information content (AvgIpc) is 3.26. The summed E-state index contributed by atoms with van der Waals surface area (Å²) in [5, 5.41) is 6.58. The predicted octanol–water partition coefficient (Wildman–Crippen LogP) is 4.48. The number of hydrazone groups is 1. The van der Waals surface area contributed by atoms with E-state index in [2.05, 4.69) is 36.9 Å². The number of benzene rings is 2. The Hall–Kier alpha value is -2.86. The molecule has 6 heteroatoms. The van der Waals surface area contributed by atoms with Crippen molar-refractivity contribution in [3.8, 4) is 11.5 Å². The SMILES string of the molecule is COc1ccc(OC)c(C2CC(c3cc(C)ccc3C)=NN2C(=O)CN2CCCCC2)c1. The van der Waals surface area contributed by atoms with Crippen molar-refractivity contribution in [1.29, 1.82) is 0 Å². The molecule has 0 saturated carbocycles. The number of ether oxygens (including phenoxy) is 2. The van der Waals surface area contributed by atoms with Crippen molar-refractivity contribution < 1.29 is 14.3 Å². The molecule has 1 amide bonds. The normalized spacial score (nSPS) is 19.1. The van der Waals surface area contributed by atoms with Crippen LogP contribution in [0.1, 0.15) is 54.0 Å².